The van der Waals surface area contributed by atoms with Gasteiger partial charge in [0.15, 0.2) is 5.58 Å². The number of hydrogen-bond acceptors (Lipinski definition) is 6. The fourth-order valence-corrected chi connectivity index (χ4v) is 5.07. The van der Waals surface area contributed by atoms with Crippen molar-refractivity contribution in [2.24, 2.45) is 0 Å². The van der Waals surface area contributed by atoms with Crippen molar-refractivity contribution in [1.29, 1.82) is 0 Å². The van der Waals surface area contributed by atoms with Gasteiger partial charge in [0.1, 0.15) is 5.39 Å². The molecule has 9 heteroatoms. The van der Waals surface area contributed by atoms with Crippen LogP contribution in [0.1, 0.15) is 43.0 Å². The third-order valence-corrected chi connectivity index (χ3v) is 7.07. The number of benzene rings is 1. The molecule has 0 aliphatic heterocycles. The lowest BCUT2D eigenvalue weighted by Gasteiger charge is -2.20. The predicted octanol–water partition coefficient (Wildman–Crippen LogP) is 2.65. The van der Waals surface area contributed by atoms with Crippen LogP contribution in [0.4, 0.5) is 11.4 Å². The van der Waals surface area contributed by atoms with Gasteiger partial charge < -0.3 is 14.7 Å². The summed E-state index contributed by atoms with van der Waals surface area (Å²) in [4.78, 5) is 25.7. The summed E-state index contributed by atoms with van der Waals surface area (Å²) in [5.41, 5.74) is 8.32. The maximum absolute atomic E-state index is 13.3. The van der Waals surface area contributed by atoms with Crippen LogP contribution in [0.5, 0.6) is 0 Å². The zero-order valence-electron chi connectivity index (χ0n) is 17.3. The Bertz CT molecular complexity index is 1420. The number of nitrogen functional groups attached to an aromatic ring is 1. The Morgan fingerprint density at radius 1 is 1.13 bits per heavy atom. The molecule has 0 spiro atoms. The maximum atomic E-state index is 13.3. The molecular formula is C22H23N3O5S. The Labute approximate surface area is 180 Å². The van der Waals surface area contributed by atoms with E-state index in [-0.39, 0.29) is 39.9 Å². The molecule has 0 amide bonds. The second-order valence-corrected chi connectivity index (χ2v) is 9.27. The number of rotatable bonds is 5. The van der Waals surface area contributed by atoms with Gasteiger partial charge in [-0.25, -0.2) is 13.2 Å². The molecule has 0 saturated heterocycles. The lowest BCUT2D eigenvalue weighted by molar-refractivity contribution is 0.553. The summed E-state index contributed by atoms with van der Waals surface area (Å²) in [7, 11) is -2.78. The number of anilines is 2. The van der Waals surface area contributed by atoms with Crippen molar-refractivity contribution in [1.82, 2.24) is 4.57 Å². The molecule has 2 fully saturated rings. The highest BCUT2D eigenvalue weighted by molar-refractivity contribution is 7.74. The molecule has 1 aromatic carbocycles. The van der Waals surface area contributed by atoms with E-state index in [2.05, 4.69) is 0 Å². The minimum atomic E-state index is -2.78. The Balaban J connectivity index is 1.84. The van der Waals surface area contributed by atoms with Gasteiger partial charge in [0.2, 0.25) is 10.9 Å². The smallest absolute Gasteiger partial charge is 0.341 e. The third kappa shape index (κ3) is 3.15. The van der Waals surface area contributed by atoms with Crippen molar-refractivity contribution in [3.05, 3.63) is 56.3 Å². The molecule has 0 atom stereocenters. The van der Waals surface area contributed by atoms with Gasteiger partial charge in [-0.05, 0) is 57.2 Å². The number of hydrogen-bond donors (Lipinski definition) is 2. The number of nitrogens with two attached hydrogens (primary N) is 1. The van der Waals surface area contributed by atoms with Gasteiger partial charge in [0.25, 0.3) is 5.56 Å². The topological polar surface area (TPSA) is 116 Å². The summed E-state index contributed by atoms with van der Waals surface area (Å²) in [5.74, 6) is 0. The van der Waals surface area contributed by atoms with Crippen LogP contribution < -0.4 is 21.2 Å². The molecule has 2 heterocycles. The maximum Gasteiger partial charge on any atom is 0.341 e. The van der Waals surface area contributed by atoms with E-state index in [9.17, 15) is 18.0 Å². The summed E-state index contributed by atoms with van der Waals surface area (Å²) < 4.78 is 32.5. The summed E-state index contributed by atoms with van der Waals surface area (Å²) in [6.07, 6.45) is 3.44. The SMILES string of the molecule is Cc1c(N)c2c(=O)n(C3CC3)c(C)c(-c3cccc(N(C4CC4)[SH](=O)=O)c3)c2oc1=O. The Kier molecular flexibility index (Phi) is 4.47. The monoisotopic (exact) mass is 441 g/mol. The standard InChI is InChI=1S/C22H23N3O5S/c1-11-19(23)18-20(30-22(11)27)17(12(2)24(21(18)26)14-6-7-14)13-4-3-5-16(10-13)25(31(28)29)15-8-9-15/h3-5,10,14-15,31H,6-9,23H2,1-2H3. The average Bonchev–Trinajstić information content (AvgIpc) is 3.61. The molecule has 0 unspecified atom stereocenters. The Hall–Kier alpha value is -3.07. The van der Waals surface area contributed by atoms with E-state index in [0.717, 1.165) is 25.7 Å². The van der Waals surface area contributed by atoms with Crippen LogP contribution >= 0.6 is 0 Å². The lowest BCUT2D eigenvalue weighted by Crippen LogP contribution is -2.25. The first-order valence-corrected chi connectivity index (χ1v) is 11.4. The van der Waals surface area contributed by atoms with Crippen molar-refractivity contribution < 1.29 is 12.8 Å². The van der Waals surface area contributed by atoms with E-state index in [0.29, 0.717) is 22.5 Å². The van der Waals surface area contributed by atoms with Gasteiger partial charge in [-0.1, -0.05) is 12.1 Å². The van der Waals surface area contributed by atoms with E-state index in [1.807, 2.05) is 13.0 Å². The van der Waals surface area contributed by atoms with E-state index in [4.69, 9.17) is 10.2 Å². The first-order chi connectivity index (χ1) is 14.8. The van der Waals surface area contributed by atoms with Gasteiger partial charge in [0, 0.05) is 23.3 Å². The van der Waals surface area contributed by atoms with E-state index < -0.39 is 16.5 Å². The highest BCUT2D eigenvalue weighted by Crippen LogP contribution is 2.41. The molecular weight excluding hydrogens is 418 g/mol. The first kappa shape index (κ1) is 19.9. The Morgan fingerprint density at radius 2 is 1.84 bits per heavy atom. The van der Waals surface area contributed by atoms with Crippen LogP contribution in [-0.4, -0.2) is 19.0 Å². The van der Waals surface area contributed by atoms with Crippen LogP contribution in [0.15, 0.2) is 38.3 Å². The molecule has 2 aliphatic rings. The lowest BCUT2D eigenvalue weighted by atomic mass is 9.99. The molecule has 2 saturated carbocycles. The quantitative estimate of drug-likeness (QED) is 0.588. The molecule has 0 radical (unpaired) electrons. The molecule has 162 valence electrons. The molecule has 2 aliphatic carbocycles. The van der Waals surface area contributed by atoms with Crippen LogP contribution in [0.25, 0.3) is 22.1 Å². The number of aromatic nitrogens is 1. The van der Waals surface area contributed by atoms with E-state index in [1.165, 1.54) is 4.31 Å². The summed E-state index contributed by atoms with van der Waals surface area (Å²) in [6.45, 7) is 3.37. The zero-order chi connectivity index (χ0) is 22.0. The number of thiol groups is 1. The molecule has 2 aromatic heterocycles. The molecule has 3 aromatic rings. The van der Waals surface area contributed by atoms with Crippen LogP contribution in [0.2, 0.25) is 0 Å². The molecule has 0 bridgehead atoms. The normalized spacial score (nSPS) is 16.2. The Morgan fingerprint density at radius 3 is 2.45 bits per heavy atom. The highest BCUT2D eigenvalue weighted by Gasteiger charge is 2.33. The number of fused-ring (bicyclic) bond motifs is 1. The molecule has 5 rings (SSSR count). The van der Waals surface area contributed by atoms with Gasteiger partial charge in [-0.2, -0.15) is 0 Å². The predicted molar refractivity (Wildman–Crippen MR) is 120 cm³/mol. The van der Waals surface area contributed by atoms with Crippen LogP contribution in [-0.2, 0) is 10.9 Å². The summed E-state index contributed by atoms with van der Waals surface area (Å²) in [6, 6.07) is 7.17. The second kappa shape index (κ2) is 6.98. The fraction of sp³-hybridized carbons (Fsp3) is 0.364. The van der Waals surface area contributed by atoms with Crippen molar-refractivity contribution >= 4 is 33.2 Å². The number of nitrogens with zero attached hydrogens (tertiary/aromatic N) is 2. The van der Waals surface area contributed by atoms with Gasteiger partial charge >= 0.3 is 5.63 Å². The van der Waals surface area contributed by atoms with Crippen LogP contribution in [0.3, 0.4) is 0 Å². The molecule has 8 nitrogen and oxygen atoms in total. The number of pyridine rings is 1. The second-order valence-electron chi connectivity index (χ2n) is 8.36. The van der Waals surface area contributed by atoms with Gasteiger partial charge in [0.05, 0.1) is 16.9 Å². The minimum absolute atomic E-state index is 0.0224. The third-order valence-electron chi connectivity index (χ3n) is 6.16. The fourth-order valence-electron chi connectivity index (χ4n) is 4.26. The molecule has 2 N–H and O–H groups in total. The van der Waals surface area contributed by atoms with Crippen LogP contribution in [0, 0.1) is 13.8 Å². The van der Waals surface area contributed by atoms with Crippen molar-refractivity contribution in [2.45, 2.75) is 51.6 Å². The molecule has 31 heavy (non-hydrogen) atoms. The first-order valence-electron chi connectivity index (χ1n) is 10.3. The van der Waals surface area contributed by atoms with Crippen molar-refractivity contribution in [2.75, 3.05) is 10.0 Å². The van der Waals surface area contributed by atoms with Gasteiger partial charge in [-0.15, -0.1) is 0 Å². The summed E-state index contributed by atoms with van der Waals surface area (Å²) in [5, 5.41) is 0.198. The van der Waals surface area contributed by atoms with E-state index >= 15 is 0 Å². The summed E-state index contributed by atoms with van der Waals surface area (Å²) >= 11 is 0. The zero-order valence-corrected chi connectivity index (χ0v) is 18.1. The van der Waals surface area contributed by atoms with Crippen molar-refractivity contribution in [3.8, 4) is 11.1 Å². The minimum Gasteiger partial charge on any atom is -0.421 e. The van der Waals surface area contributed by atoms with E-state index in [1.54, 1.807) is 29.7 Å². The van der Waals surface area contributed by atoms with Gasteiger partial charge in [-0.3, -0.25) is 9.10 Å². The highest BCUT2D eigenvalue weighted by atomic mass is 32.2. The average molecular weight is 442 g/mol. The largest absolute Gasteiger partial charge is 0.421 e. The van der Waals surface area contributed by atoms with Crippen molar-refractivity contribution in [3.63, 3.8) is 0 Å².